The number of nitrogens with one attached hydrogen (secondary N) is 1. The molecule has 0 aliphatic carbocycles. The Hall–Kier alpha value is -2.49. The number of hydrogen-bond donors (Lipinski definition) is 1. The lowest BCUT2D eigenvalue weighted by Gasteiger charge is -2.15. The lowest BCUT2D eigenvalue weighted by Crippen LogP contribution is -2.30. The summed E-state index contributed by atoms with van der Waals surface area (Å²) < 4.78 is 11.1. The molecule has 0 aromatic heterocycles. The Morgan fingerprint density at radius 1 is 1.00 bits per heavy atom. The first-order valence-corrected chi connectivity index (χ1v) is 7.06. The molecule has 0 spiro atoms. The van der Waals surface area contributed by atoms with Crippen molar-refractivity contribution >= 4 is 5.84 Å². The number of para-hydroxylation sites is 2. The fraction of sp³-hybridized carbons (Fsp3) is 0.235. The molecule has 1 N–H and O–H groups in total. The van der Waals surface area contributed by atoms with Gasteiger partial charge in [0, 0.05) is 18.7 Å². The second-order valence-electron chi connectivity index (χ2n) is 4.79. The van der Waals surface area contributed by atoms with Crippen LogP contribution in [-0.4, -0.2) is 26.0 Å². The van der Waals surface area contributed by atoms with E-state index in [0.29, 0.717) is 5.75 Å². The van der Waals surface area contributed by atoms with Crippen LogP contribution >= 0.6 is 0 Å². The highest BCUT2D eigenvalue weighted by Gasteiger charge is 2.08. The van der Waals surface area contributed by atoms with Gasteiger partial charge in [-0.15, -0.1) is 0 Å². The predicted molar refractivity (Wildman–Crippen MR) is 83.5 cm³/mol. The maximum atomic E-state index is 5.86. The molecule has 2 aromatic carbocycles. The lowest BCUT2D eigenvalue weighted by molar-refractivity contribution is 0.379. The first-order chi connectivity index (χ1) is 10.4. The van der Waals surface area contributed by atoms with Crippen LogP contribution in [0.4, 0.5) is 0 Å². The molecule has 4 heteroatoms. The van der Waals surface area contributed by atoms with Crippen molar-refractivity contribution < 1.29 is 9.47 Å². The van der Waals surface area contributed by atoms with E-state index in [4.69, 9.17) is 9.47 Å². The SMILES string of the molecule is COc1ccccc1Oc1ccc(C2=NCCCN2)cc1. The number of amidine groups is 1. The summed E-state index contributed by atoms with van der Waals surface area (Å²) in [6.07, 6.45) is 1.10. The zero-order valence-corrected chi connectivity index (χ0v) is 12.0. The second-order valence-corrected chi connectivity index (χ2v) is 4.79. The average Bonchev–Trinajstić information content (AvgIpc) is 2.57. The van der Waals surface area contributed by atoms with Crippen molar-refractivity contribution in [2.75, 3.05) is 20.2 Å². The number of aliphatic imine (C=N–C) groups is 1. The van der Waals surface area contributed by atoms with Gasteiger partial charge in [-0.1, -0.05) is 12.1 Å². The Bertz CT molecular complexity index is 635. The summed E-state index contributed by atoms with van der Waals surface area (Å²) in [6, 6.07) is 15.5. The Morgan fingerprint density at radius 3 is 2.43 bits per heavy atom. The smallest absolute Gasteiger partial charge is 0.169 e. The summed E-state index contributed by atoms with van der Waals surface area (Å²) in [5.41, 5.74) is 1.09. The van der Waals surface area contributed by atoms with Crippen molar-refractivity contribution in [1.82, 2.24) is 5.32 Å². The number of ether oxygens (including phenoxy) is 2. The lowest BCUT2D eigenvalue weighted by atomic mass is 10.1. The average molecular weight is 282 g/mol. The Labute approximate surface area is 124 Å². The fourth-order valence-electron chi connectivity index (χ4n) is 2.24. The summed E-state index contributed by atoms with van der Waals surface area (Å²) >= 11 is 0. The minimum atomic E-state index is 0.709. The fourth-order valence-corrected chi connectivity index (χ4v) is 2.24. The third kappa shape index (κ3) is 3.16. The standard InChI is InChI=1S/C17H18N2O2/c1-20-15-5-2-3-6-16(15)21-14-9-7-13(8-10-14)17-18-11-4-12-19-17/h2-3,5-10H,4,11-12H2,1H3,(H,18,19). The van der Waals surface area contributed by atoms with Crippen LogP contribution in [0.5, 0.6) is 17.2 Å². The Morgan fingerprint density at radius 2 is 1.76 bits per heavy atom. The van der Waals surface area contributed by atoms with Gasteiger partial charge in [-0.05, 0) is 42.8 Å². The molecule has 0 amide bonds. The van der Waals surface area contributed by atoms with Crippen LogP contribution in [-0.2, 0) is 0 Å². The molecule has 2 aromatic rings. The van der Waals surface area contributed by atoms with Gasteiger partial charge in [0.25, 0.3) is 0 Å². The monoisotopic (exact) mass is 282 g/mol. The van der Waals surface area contributed by atoms with E-state index in [1.165, 1.54) is 0 Å². The maximum absolute atomic E-state index is 5.86. The molecule has 0 saturated heterocycles. The van der Waals surface area contributed by atoms with Crippen LogP contribution in [0.15, 0.2) is 53.5 Å². The highest BCUT2D eigenvalue weighted by Crippen LogP contribution is 2.30. The number of benzene rings is 2. The minimum Gasteiger partial charge on any atom is -0.493 e. The molecule has 0 fully saturated rings. The molecular formula is C17H18N2O2. The quantitative estimate of drug-likeness (QED) is 0.936. The van der Waals surface area contributed by atoms with E-state index in [9.17, 15) is 0 Å². The van der Waals surface area contributed by atoms with Crippen molar-refractivity contribution in [3.8, 4) is 17.2 Å². The van der Waals surface area contributed by atoms with Crippen LogP contribution in [0.1, 0.15) is 12.0 Å². The number of hydrogen-bond acceptors (Lipinski definition) is 4. The molecule has 0 unspecified atom stereocenters. The van der Waals surface area contributed by atoms with Gasteiger partial charge in [0.1, 0.15) is 11.6 Å². The van der Waals surface area contributed by atoms with E-state index >= 15 is 0 Å². The zero-order chi connectivity index (χ0) is 14.5. The van der Waals surface area contributed by atoms with E-state index in [1.54, 1.807) is 7.11 Å². The summed E-state index contributed by atoms with van der Waals surface area (Å²) in [4.78, 5) is 4.49. The molecule has 108 valence electrons. The second kappa shape index (κ2) is 6.31. The molecule has 1 heterocycles. The van der Waals surface area contributed by atoms with Crippen molar-refractivity contribution in [2.45, 2.75) is 6.42 Å². The van der Waals surface area contributed by atoms with Gasteiger partial charge in [-0.2, -0.15) is 0 Å². The van der Waals surface area contributed by atoms with Gasteiger partial charge >= 0.3 is 0 Å². The molecule has 3 rings (SSSR count). The van der Waals surface area contributed by atoms with Crippen LogP contribution < -0.4 is 14.8 Å². The zero-order valence-electron chi connectivity index (χ0n) is 12.0. The number of nitrogens with zero attached hydrogens (tertiary/aromatic N) is 1. The number of methoxy groups -OCH3 is 1. The van der Waals surface area contributed by atoms with Crippen LogP contribution in [0, 0.1) is 0 Å². The molecule has 0 saturated carbocycles. The molecule has 0 radical (unpaired) electrons. The van der Waals surface area contributed by atoms with Gasteiger partial charge in [0.15, 0.2) is 11.5 Å². The molecular weight excluding hydrogens is 264 g/mol. The van der Waals surface area contributed by atoms with E-state index in [0.717, 1.165) is 42.4 Å². The molecule has 0 atom stereocenters. The van der Waals surface area contributed by atoms with E-state index < -0.39 is 0 Å². The molecule has 1 aliphatic heterocycles. The van der Waals surface area contributed by atoms with Crippen LogP contribution in [0.25, 0.3) is 0 Å². The van der Waals surface area contributed by atoms with Gasteiger partial charge < -0.3 is 14.8 Å². The summed E-state index contributed by atoms with van der Waals surface area (Å²) in [5, 5.41) is 3.31. The van der Waals surface area contributed by atoms with Gasteiger partial charge in [0.05, 0.1) is 7.11 Å². The van der Waals surface area contributed by atoms with Crippen molar-refractivity contribution in [1.29, 1.82) is 0 Å². The first kappa shape index (κ1) is 13.5. The van der Waals surface area contributed by atoms with E-state index in [-0.39, 0.29) is 0 Å². The highest BCUT2D eigenvalue weighted by atomic mass is 16.5. The van der Waals surface area contributed by atoms with Crippen LogP contribution in [0.2, 0.25) is 0 Å². The predicted octanol–water partition coefficient (Wildman–Crippen LogP) is 3.23. The van der Waals surface area contributed by atoms with E-state index in [2.05, 4.69) is 10.3 Å². The van der Waals surface area contributed by atoms with Crippen molar-refractivity contribution in [3.63, 3.8) is 0 Å². The van der Waals surface area contributed by atoms with Crippen LogP contribution in [0.3, 0.4) is 0 Å². The summed E-state index contributed by atoms with van der Waals surface area (Å²) in [7, 11) is 1.64. The van der Waals surface area contributed by atoms with E-state index in [1.807, 2.05) is 48.5 Å². The third-order valence-electron chi connectivity index (χ3n) is 3.32. The van der Waals surface area contributed by atoms with Gasteiger partial charge in [-0.3, -0.25) is 4.99 Å². The first-order valence-electron chi connectivity index (χ1n) is 7.06. The molecule has 4 nitrogen and oxygen atoms in total. The normalized spacial score (nSPS) is 14.0. The largest absolute Gasteiger partial charge is 0.493 e. The number of rotatable bonds is 4. The van der Waals surface area contributed by atoms with Gasteiger partial charge in [-0.25, -0.2) is 0 Å². The van der Waals surface area contributed by atoms with Gasteiger partial charge in [0.2, 0.25) is 0 Å². The summed E-state index contributed by atoms with van der Waals surface area (Å²) in [5.74, 6) is 3.17. The van der Waals surface area contributed by atoms with Crippen molar-refractivity contribution in [2.24, 2.45) is 4.99 Å². The highest BCUT2D eigenvalue weighted by molar-refractivity contribution is 5.99. The molecule has 1 aliphatic rings. The minimum absolute atomic E-state index is 0.709. The topological polar surface area (TPSA) is 42.9 Å². The molecule has 0 bridgehead atoms. The Balaban J connectivity index is 1.76. The Kier molecular flexibility index (Phi) is 4.05. The van der Waals surface area contributed by atoms with Crippen molar-refractivity contribution in [3.05, 3.63) is 54.1 Å². The maximum Gasteiger partial charge on any atom is 0.169 e. The molecule has 21 heavy (non-hydrogen) atoms. The third-order valence-corrected chi connectivity index (χ3v) is 3.32. The summed E-state index contributed by atoms with van der Waals surface area (Å²) in [6.45, 7) is 1.88.